The van der Waals surface area contributed by atoms with E-state index in [1.165, 1.54) is 5.56 Å². The van der Waals surface area contributed by atoms with Gasteiger partial charge in [-0.2, -0.15) is 0 Å². The van der Waals surface area contributed by atoms with E-state index < -0.39 is 0 Å². The zero-order valence-electron chi connectivity index (χ0n) is 16.6. The number of carbonyl (C=O) groups is 1. The minimum atomic E-state index is -0.00798. The molecule has 0 radical (unpaired) electrons. The minimum absolute atomic E-state index is 0.00798. The summed E-state index contributed by atoms with van der Waals surface area (Å²) in [6.07, 6.45) is 6.80. The van der Waals surface area contributed by atoms with E-state index >= 15 is 0 Å². The van der Waals surface area contributed by atoms with Gasteiger partial charge < -0.3 is 4.90 Å². The second kappa shape index (κ2) is 8.30. The van der Waals surface area contributed by atoms with Crippen molar-refractivity contribution in [3.8, 4) is 11.5 Å². The molecule has 30 heavy (non-hydrogen) atoms. The summed E-state index contributed by atoms with van der Waals surface area (Å²) in [5.74, 6) is 0.890. The molecule has 0 aliphatic carbocycles. The van der Waals surface area contributed by atoms with E-state index in [1.807, 2.05) is 29.2 Å². The zero-order valence-corrected chi connectivity index (χ0v) is 16.6. The number of piperidine rings is 1. The maximum atomic E-state index is 13.1. The Balaban J connectivity index is 1.27. The molecule has 7 heteroatoms. The molecule has 152 valence electrons. The number of amides is 1. The van der Waals surface area contributed by atoms with Crippen LogP contribution in [0, 0.1) is 5.92 Å². The predicted octanol–water partition coefficient (Wildman–Crippen LogP) is 2.09. The van der Waals surface area contributed by atoms with Crippen LogP contribution < -0.4 is 10.9 Å². The fourth-order valence-electron chi connectivity index (χ4n) is 4.39. The lowest BCUT2D eigenvalue weighted by molar-refractivity contribution is 0.0652. The van der Waals surface area contributed by atoms with Gasteiger partial charge in [-0.25, -0.2) is 9.97 Å². The van der Waals surface area contributed by atoms with Crippen molar-refractivity contribution in [3.63, 3.8) is 0 Å². The topological polar surface area (TPSA) is 83.0 Å². The summed E-state index contributed by atoms with van der Waals surface area (Å²) in [6.45, 7) is 1.46. The van der Waals surface area contributed by atoms with Gasteiger partial charge in [-0.15, -0.1) is 0 Å². The number of hydrazine groups is 1. The molecular weight excluding hydrogens is 376 g/mol. The van der Waals surface area contributed by atoms with Gasteiger partial charge in [0.15, 0.2) is 5.82 Å². The summed E-state index contributed by atoms with van der Waals surface area (Å²) in [7, 11) is 0. The third kappa shape index (κ3) is 3.81. The standard InChI is InChI=1S/C23H24N6O/c30-23(17-13-25-22(26-14-17)20-8-4-5-10-24-20)29-11-9-19-18(15-29)21(28-27-19)12-16-6-2-1-3-7-16/h1-8,10,13-14,18-19,21,27-28H,9,11-12,15H2. The van der Waals surface area contributed by atoms with E-state index in [4.69, 9.17) is 0 Å². The van der Waals surface area contributed by atoms with Gasteiger partial charge in [0.1, 0.15) is 5.69 Å². The molecule has 3 atom stereocenters. The molecule has 2 N–H and O–H groups in total. The lowest BCUT2D eigenvalue weighted by Gasteiger charge is -2.36. The molecule has 2 aliphatic rings. The first-order valence-corrected chi connectivity index (χ1v) is 10.4. The summed E-state index contributed by atoms with van der Waals surface area (Å²) in [5.41, 5.74) is 9.41. The van der Waals surface area contributed by atoms with Crippen LogP contribution in [0.5, 0.6) is 0 Å². The van der Waals surface area contributed by atoms with E-state index in [0.29, 0.717) is 35.1 Å². The minimum Gasteiger partial charge on any atom is -0.338 e. The average molecular weight is 400 g/mol. The highest BCUT2D eigenvalue weighted by Crippen LogP contribution is 2.27. The van der Waals surface area contributed by atoms with Gasteiger partial charge in [-0.1, -0.05) is 36.4 Å². The SMILES string of the molecule is O=C(c1cnc(-c2ccccn2)nc1)N1CCC2NNC(Cc3ccccc3)C2C1. The molecule has 0 bridgehead atoms. The van der Waals surface area contributed by atoms with E-state index in [0.717, 1.165) is 25.9 Å². The van der Waals surface area contributed by atoms with Crippen LogP contribution in [0.4, 0.5) is 0 Å². The number of hydrogen-bond donors (Lipinski definition) is 2. The van der Waals surface area contributed by atoms with Crippen LogP contribution >= 0.6 is 0 Å². The van der Waals surface area contributed by atoms with E-state index in [-0.39, 0.29) is 5.91 Å². The van der Waals surface area contributed by atoms with Crippen molar-refractivity contribution in [1.29, 1.82) is 0 Å². The van der Waals surface area contributed by atoms with Gasteiger partial charge in [-0.05, 0) is 30.5 Å². The van der Waals surface area contributed by atoms with Crippen LogP contribution in [0.2, 0.25) is 0 Å². The van der Waals surface area contributed by atoms with Crippen LogP contribution in [0.3, 0.4) is 0 Å². The Bertz CT molecular complexity index is 995. The number of nitrogens with zero attached hydrogens (tertiary/aromatic N) is 4. The van der Waals surface area contributed by atoms with Crippen molar-refractivity contribution in [1.82, 2.24) is 30.7 Å². The van der Waals surface area contributed by atoms with Crippen molar-refractivity contribution in [2.75, 3.05) is 13.1 Å². The summed E-state index contributed by atoms with van der Waals surface area (Å²) in [4.78, 5) is 28.0. The number of benzene rings is 1. The molecule has 1 amide bonds. The normalized spacial score (nSPS) is 23.2. The molecule has 3 aromatic rings. The van der Waals surface area contributed by atoms with Gasteiger partial charge in [0.25, 0.3) is 5.91 Å². The quantitative estimate of drug-likeness (QED) is 0.698. The second-order valence-corrected chi connectivity index (χ2v) is 7.91. The Morgan fingerprint density at radius 1 is 1.00 bits per heavy atom. The molecule has 0 spiro atoms. The first kappa shape index (κ1) is 18.8. The van der Waals surface area contributed by atoms with E-state index in [1.54, 1.807) is 18.6 Å². The summed E-state index contributed by atoms with van der Waals surface area (Å²) in [5, 5.41) is 0. The van der Waals surface area contributed by atoms with Gasteiger partial charge in [0.2, 0.25) is 0 Å². The van der Waals surface area contributed by atoms with Crippen molar-refractivity contribution >= 4 is 5.91 Å². The first-order chi connectivity index (χ1) is 14.8. The lowest BCUT2D eigenvalue weighted by Crippen LogP contribution is -2.49. The van der Waals surface area contributed by atoms with Crippen molar-refractivity contribution in [3.05, 3.63) is 78.2 Å². The van der Waals surface area contributed by atoms with Crippen LogP contribution in [0.15, 0.2) is 67.1 Å². The largest absolute Gasteiger partial charge is 0.338 e. The third-order valence-corrected chi connectivity index (χ3v) is 6.01. The number of aromatic nitrogens is 3. The van der Waals surface area contributed by atoms with Crippen LogP contribution in [-0.4, -0.2) is 50.9 Å². The van der Waals surface area contributed by atoms with Crippen LogP contribution in [-0.2, 0) is 6.42 Å². The average Bonchev–Trinajstić information content (AvgIpc) is 3.22. The number of rotatable bonds is 4. The van der Waals surface area contributed by atoms with Crippen molar-refractivity contribution < 1.29 is 4.79 Å². The summed E-state index contributed by atoms with van der Waals surface area (Å²) < 4.78 is 0. The highest BCUT2D eigenvalue weighted by molar-refractivity contribution is 5.93. The fraction of sp³-hybridized carbons (Fsp3) is 0.304. The molecule has 7 nitrogen and oxygen atoms in total. The van der Waals surface area contributed by atoms with Crippen molar-refractivity contribution in [2.24, 2.45) is 5.92 Å². The monoisotopic (exact) mass is 400 g/mol. The number of fused-ring (bicyclic) bond motifs is 1. The maximum Gasteiger partial charge on any atom is 0.257 e. The van der Waals surface area contributed by atoms with Crippen LogP contribution in [0.1, 0.15) is 22.3 Å². The molecule has 0 saturated carbocycles. The zero-order chi connectivity index (χ0) is 20.3. The predicted molar refractivity (Wildman–Crippen MR) is 113 cm³/mol. The Labute approximate surface area is 175 Å². The summed E-state index contributed by atoms with van der Waals surface area (Å²) >= 11 is 0. The Morgan fingerprint density at radius 2 is 1.80 bits per heavy atom. The molecule has 2 saturated heterocycles. The highest BCUT2D eigenvalue weighted by atomic mass is 16.2. The van der Waals surface area contributed by atoms with E-state index in [2.05, 4.69) is 50.1 Å². The van der Waals surface area contributed by atoms with E-state index in [9.17, 15) is 4.79 Å². The molecule has 1 aromatic carbocycles. The molecule has 4 heterocycles. The van der Waals surface area contributed by atoms with Gasteiger partial charge in [0, 0.05) is 49.7 Å². The van der Waals surface area contributed by atoms with Crippen LogP contribution in [0.25, 0.3) is 11.5 Å². The number of nitrogens with one attached hydrogen (secondary N) is 2. The molecule has 5 rings (SSSR count). The highest BCUT2D eigenvalue weighted by Gasteiger charge is 2.40. The molecule has 2 aromatic heterocycles. The maximum absolute atomic E-state index is 13.1. The second-order valence-electron chi connectivity index (χ2n) is 7.91. The molecule has 3 unspecified atom stereocenters. The third-order valence-electron chi connectivity index (χ3n) is 6.01. The number of likely N-dealkylation sites (tertiary alicyclic amines) is 1. The first-order valence-electron chi connectivity index (χ1n) is 10.4. The smallest absolute Gasteiger partial charge is 0.257 e. The fourth-order valence-corrected chi connectivity index (χ4v) is 4.39. The number of pyridine rings is 1. The Hall–Kier alpha value is -3.16. The number of hydrogen-bond acceptors (Lipinski definition) is 6. The number of carbonyl (C=O) groups excluding carboxylic acids is 1. The Morgan fingerprint density at radius 3 is 2.57 bits per heavy atom. The van der Waals surface area contributed by atoms with Gasteiger partial charge >= 0.3 is 0 Å². The molecule has 2 fully saturated rings. The Kier molecular flexibility index (Phi) is 5.21. The van der Waals surface area contributed by atoms with Crippen molar-refractivity contribution in [2.45, 2.75) is 24.9 Å². The summed E-state index contributed by atoms with van der Waals surface area (Å²) in [6, 6.07) is 16.8. The lowest BCUT2D eigenvalue weighted by atomic mass is 9.85. The molecular formula is C23H24N6O. The van der Waals surface area contributed by atoms with Gasteiger partial charge in [-0.3, -0.25) is 20.6 Å². The van der Waals surface area contributed by atoms with Gasteiger partial charge in [0.05, 0.1) is 5.56 Å². The molecule has 2 aliphatic heterocycles.